The van der Waals surface area contributed by atoms with E-state index >= 15 is 0 Å². The third kappa shape index (κ3) is 5.69. The normalized spacial score (nSPS) is 17.9. The van der Waals surface area contributed by atoms with Crippen LogP contribution in [0.1, 0.15) is 37.4 Å². The summed E-state index contributed by atoms with van der Waals surface area (Å²) >= 11 is 12.3. The van der Waals surface area contributed by atoms with Crippen LogP contribution in [-0.4, -0.2) is 59.9 Å². The monoisotopic (exact) mass is 490 g/mol. The Labute approximate surface area is 204 Å². The van der Waals surface area contributed by atoms with Gasteiger partial charge < -0.3 is 19.6 Å². The lowest BCUT2D eigenvalue weighted by Crippen LogP contribution is -2.32. The summed E-state index contributed by atoms with van der Waals surface area (Å²) in [6.07, 6.45) is 0.672. The first kappa shape index (κ1) is 25.1. The molecule has 1 unspecified atom stereocenters. The fraction of sp³-hybridized carbons (Fsp3) is 0.360. The van der Waals surface area contributed by atoms with Crippen LogP contribution in [0.5, 0.6) is 5.75 Å². The number of likely N-dealkylation sites (tertiary alicyclic amines) is 1. The van der Waals surface area contributed by atoms with Gasteiger partial charge in [0, 0.05) is 12.1 Å². The van der Waals surface area contributed by atoms with Crippen molar-refractivity contribution in [3.63, 3.8) is 0 Å². The summed E-state index contributed by atoms with van der Waals surface area (Å²) in [5.41, 5.74) is 1.05. The number of aliphatic hydroxyl groups is 1. The zero-order valence-corrected chi connectivity index (χ0v) is 20.7. The summed E-state index contributed by atoms with van der Waals surface area (Å²) in [5.74, 6) is -0.968. The SMILES string of the molecule is CC(C)Oc1ccc(C(O)=C2C(=O)C(=O)N(CCCN(C)C)C2c2ccc(Cl)c(Cl)c2)cc1. The van der Waals surface area contributed by atoms with Crippen LogP contribution in [0.3, 0.4) is 0 Å². The highest BCUT2D eigenvalue weighted by molar-refractivity contribution is 6.46. The number of hydrogen-bond acceptors (Lipinski definition) is 5. The second kappa shape index (κ2) is 10.6. The summed E-state index contributed by atoms with van der Waals surface area (Å²) in [4.78, 5) is 29.5. The highest BCUT2D eigenvalue weighted by atomic mass is 35.5. The van der Waals surface area contributed by atoms with Gasteiger partial charge in [0.2, 0.25) is 0 Å². The molecule has 8 heteroatoms. The van der Waals surface area contributed by atoms with Gasteiger partial charge in [-0.25, -0.2) is 0 Å². The summed E-state index contributed by atoms with van der Waals surface area (Å²) in [5, 5.41) is 11.8. The Balaban J connectivity index is 2.06. The maximum Gasteiger partial charge on any atom is 0.295 e. The van der Waals surface area contributed by atoms with Crippen LogP contribution in [0.25, 0.3) is 5.76 Å². The number of carbonyl (C=O) groups excluding carboxylic acids is 2. The lowest BCUT2D eigenvalue weighted by Gasteiger charge is -2.26. The number of hydrogen-bond donors (Lipinski definition) is 1. The minimum absolute atomic E-state index is 0.00610. The summed E-state index contributed by atoms with van der Waals surface area (Å²) in [6, 6.07) is 11.0. The van der Waals surface area contributed by atoms with Gasteiger partial charge in [-0.3, -0.25) is 9.59 Å². The first-order chi connectivity index (χ1) is 15.6. The largest absolute Gasteiger partial charge is 0.507 e. The predicted octanol–water partition coefficient (Wildman–Crippen LogP) is 5.15. The second-order valence-electron chi connectivity index (χ2n) is 8.51. The van der Waals surface area contributed by atoms with E-state index in [1.807, 2.05) is 32.8 Å². The zero-order valence-electron chi connectivity index (χ0n) is 19.1. The van der Waals surface area contributed by atoms with E-state index in [0.29, 0.717) is 39.9 Å². The van der Waals surface area contributed by atoms with Crippen molar-refractivity contribution in [3.8, 4) is 5.75 Å². The van der Waals surface area contributed by atoms with Crippen LogP contribution >= 0.6 is 23.2 Å². The maximum absolute atomic E-state index is 13.1. The Hall–Kier alpha value is -2.54. The number of ketones is 1. The molecule has 1 aliphatic heterocycles. The molecule has 6 nitrogen and oxygen atoms in total. The smallest absolute Gasteiger partial charge is 0.295 e. The number of Topliss-reactive ketones (excluding diaryl/α,β-unsaturated/α-hetero) is 1. The number of carbonyl (C=O) groups is 2. The Morgan fingerprint density at radius 3 is 2.33 bits per heavy atom. The molecular weight excluding hydrogens is 463 g/mol. The van der Waals surface area contributed by atoms with Gasteiger partial charge >= 0.3 is 0 Å². The molecule has 1 fully saturated rings. The lowest BCUT2D eigenvalue weighted by atomic mass is 9.95. The number of ether oxygens (including phenoxy) is 1. The van der Waals surface area contributed by atoms with E-state index in [1.165, 1.54) is 4.90 Å². The Kier molecular flexibility index (Phi) is 8.05. The Bertz CT molecular complexity index is 1060. The number of rotatable bonds is 8. The summed E-state index contributed by atoms with van der Waals surface area (Å²) in [6.45, 7) is 4.94. The van der Waals surface area contributed by atoms with Crippen LogP contribution in [-0.2, 0) is 9.59 Å². The highest BCUT2D eigenvalue weighted by Gasteiger charge is 2.45. The predicted molar refractivity (Wildman–Crippen MR) is 131 cm³/mol. The molecule has 0 aliphatic carbocycles. The lowest BCUT2D eigenvalue weighted by molar-refractivity contribution is -0.139. The van der Waals surface area contributed by atoms with Crippen molar-refractivity contribution < 1.29 is 19.4 Å². The van der Waals surface area contributed by atoms with Gasteiger partial charge in [-0.15, -0.1) is 0 Å². The molecule has 1 N–H and O–H groups in total. The van der Waals surface area contributed by atoms with Gasteiger partial charge in [-0.2, -0.15) is 0 Å². The third-order valence-electron chi connectivity index (χ3n) is 5.30. The minimum atomic E-state index is -0.770. The molecule has 0 radical (unpaired) electrons. The Morgan fingerprint density at radius 2 is 1.76 bits per heavy atom. The van der Waals surface area contributed by atoms with Gasteiger partial charge in [-0.1, -0.05) is 29.3 Å². The van der Waals surface area contributed by atoms with Crippen molar-refractivity contribution in [2.75, 3.05) is 27.2 Å². The highest BCUT2D eigenvalue weighted by Crippen LogP contribution is 2.41. The van der Waals surface area contributed by atoms with Crippen molar-refractivity contribution in [2.24, 2.45) is 0 Å². The van der Waals surface area contributed by atoms with Crippen molar-refractivity contribution >= 4 is 40.7 Å². The van der Waals surface area contributed by atoms with Crippen LogP contribution < -0.4 is 4.74 Å². The van der Waals surface area contributed by atoms with Gasteiger partial charge in [-0.05, 0) is 82.9 Å². The van der Waals surface area contributed by atoms with Gasteiger partial charge in [0.1, 0.15) is 11.5 Å². The molecule has 2 aromatic carbocycles. The molecule has 3 rings (SSSR count). The third-order valence-corrected chi connectivity index (χ3v) is 6.04. The van der Waals surface area contributed by atoms with Crippen LogP contribution in [0.2, 0.25) is 10.0 Å². The van der Waals surface area contributed by atoms with E-state index in [-0.39, 0.29) is 17.4 Å². The fourth-order valence-corrected chi connectivity index (χ4v) is 4.12. The quantitative estimate of drug-likeness (QED) is 0.314. The standard InChI is InChI=1S/C25H28Cl2N2O4/c1-15(2)33-18-9-6-16(7-10-18)23(30)21-22(17-8-11-19(26)20(27)14-17)29(25(32)24(21)31)13-5-12-28(3)4/h6-11,14-15,22,30H,5,12-13H2,1-4H3. The molecule has 1 heterocycles. The first-order valence-corrected chi connectivity index (χ1v) is 11.5. The van der Waals surface area contributed by atoms with Crippen LogP contribution in [0.4, 0.5) is 0 Å². The number of amides is 1. The van der Waals surface area contributed by atoms with Crippen LogP contribution in [0.15, 0.2) is 48.0 Å². The first-order valence-electron chi connectivity index (χ1n) is 10.7. The average molecular weight is 491 g/mol. The van der Waals surface area contributed by atoms with Gasteiger partial charge in [0.25, 0.3) is 11.7 Å². The van der Waals surface area contributed by atoms with E-state index in [0.717, 1.165) is 6.54 Å². The molecular formula is C25H28Cl2N2O4. The molecule has 0 spiro atoms. The number of nitrogens with zero attached hydrogens (tertiary/aromatic N) is 2. The molecule has 0 aromatic heterocycles. The fourth-order valence-electron chi connectivity index (χ4n) is 3.82. The molecule has 0 saturated carbocycles. The molecule has 33 heavy (non-hydrogen) atoms. The molecule has 1 amide bonds. The molecule has 0 bridgehead atoms. The van der Waals surface area contributed by atoms with Gasteiger partial charge in [0.15, 0.2) is 0 Å². The Morgan fingerprint density at radius 1 is 1.09 bits per heavy atom. The van der Waals surface area contributed by atoms with Gasteiger partial charge in [0.05, 0.1) is 27.8 Å². The topological polar surface area (TPSA) is 70.1 Å². The zero-order chi connectivity index (χ0) is 24.3. The van der Waals surface area contributed by atoms with E-state index in [4.69, 9.17) is 27.9 Å². The minimum Gasteiger partial charge on any atom is -0.507 e. The van der Waals surface area contributed by atoms with Crippen LogP contribution in [0, 0.1) is 0 Å². The molecule has 2 aromatic rings. The maximum atomic E-state index is 13.1. The van der Waals surface area contributed by atoms with E-state index in [9.17, 15) is 14.7 Å². The van der Waals surface area contributed by atoms with Crippen molar-refractivity contribution in [1.82, 2.24) is 9.80 Å². The second-order valence-corrected chi connectivity index (χ2v) is 9.33. The van der Waals surface area contributed by atoms with Crippen molar-refractivity contribution in [2.45, 2.75) is 32.4 Å². The van der Waals surface area contributed by atoms with E-state index < -0.39 is 17.7 Å². The molecule has 176 valence electrons. The summed E-state index contributed by atoms with van der Waals surface area (Å²) in [7, 11) is 3.88. The summed E-state index contributed by atoms with van der Waals surface area (Å²) < 4.78 is 5.65. The number of benzene rings is 2. The van der Waals surface area contributed by atoms with E-state index in [2.05, 4.69) is 0 Å². The molecule has 1 saturated heterocycles. The molecule has 1 atom stereocenters. The number of aliphatic hydroxyl groups excluding tert-OH is 1. The van der Waals surface area contributed by atoms with Crippen molar-refractivity contribution in [1.29, 1.82) is 0 Å². The molecule has 1 aliphatic rings. The van der Waals surface area contributed by atoms with E-state index in [1.54, 1.807) is 42.5 Å². The van der Waals surface area contributed by atoms with Crippen molar-refractivity contribution in [3.05, 3.63) is 69.2 Å². The number of halogens is 2. The average Bonchev–Trinajstić information content (AvgIpc) is 3.00.